The third-order valence-corrected chi connectivity index (χ3v) is 3.94. The lowest BCUT2D eigenvalue weighted by Gasteiger charge is -2.32. The Kier molecular flexibility index (Phi) is 6.24. The molecule has 0 aliphatic heterocycles. The van der Waals surface area contributed by atoms with Crippen molar-refractivity contribution in [2.45, 2.75) is 65.0 Å². The highest BCUT2D eigenvalue weighted by molar-refractivity contribution is 5.80. The number of ether oxygens (including phenoxy) is 1. The highest BCUT2D eigenvalue weighted by Crippen LogP contribution is 2.30. The molecule has 1 saturated carbocycles. The van der Waals surface area contributed by atoms with Gasteiger partial charge in [0.2, 0.25) is 0 Å². The number of amides is 1. The summed E-state index contributed by atoms with van der Waals surface area (Å²) in [6.45, 7) is 9.05. The number of carbonyl (C=O) groups excluding carboxylic acids is 1. The molecule has 0 bridgehead atoms. The zero-order chi connectivity index (χ0) is 16.0. The van der Waals surface area contributed by atoms with Crippen LogP contribution in [-0.2, 0) is 9.53 Å². The fraction of sp³-hybridized carbons (Fsp3) is 0.750. The number of nitrogens with one attached hydrogen (secondary N) is 1. The van der Waals surface area contributed by atoms with Crippen LogP contribution in [-0.4, -0.2) is 29.3 Å². The molecule has 1 aliphatic rings. The van der Waals surface area contributed by atoms with Crippen molar-refractivity contribution < 1.29 is 19.4 Å². The molecule has 0 aromatic carbocycles. The van der Waals surface area contributed by atoms with Gasteiger partial charge < -0.3 is 15.2 Å². The maximum Gasteiger partial charge on any atom is 0.408 e. The van der Waals surface area contributed by atoms with E-state index in [1.165, 1.54) is 0 Å². The SMILES string of the molecule is C=CCC1CCCCC1OC(=O)NC(C(=O)O)C(C)(C)C. The minimum atomic E-state index is -1.05. The summed E-state index contributed by atoms with van der Waals surface area (Å²) in [5.41, 5.74) is -0.571. The van der Waals surface area contributed by atoms with Gasteiger partial charge in [-0.15, -0.1) is 6.58 Å². The number of rotatable bonds is 5. The van der Waals surface area contributed by atoms with Crippen LogP contribution < -0.4 is 5.32 Å². The normalized spacial score (nSPS) is 24.0. The number of allylic oxidation sites excluding steroid dienone is 1. The standard InChI is InChI=1S/C16H27NO4/c1-5-8-11-9-6-7-10-12(11)21-15(20)17-13(14(18)19)16(2,3)4/h5,11-13H,1,6-10H2,2-4H3,(H,17,20)(H,18,19). The fourth-order valence-electron chi connectivity index (χ4n) is 2.75. The van der Waals surface area contributed by atoms with Crippen LogP contribution in [0.25, 0.3) is 0 Å². The predicted molar refractivity (Wildman–Crippen MR) is 81.1 cm³/mol. The van der Waals surface area contributed by atoms with Gasteiger partial charge in [-0.3, -0.25) is 0 Å². The van der Waals surface area contributed by atoms with Crippen LogP contribution in [0.3, 0.4) is 0 Å². The van der Waals surface area contributed by atoms with Crippen molar-refractivity contribution in [2.75, 3.05) is 0 Å². The van der Waals surface area contributed by atoms with Crippen molar-refractivity contribution in [3.8, 4) is 0 Å². The molecule has 1 rings (SSSR count). The molecule has 0 aromatic rings. The van der Waals surface area contributed by atoms with Gasteiger partial charge in [-0.05, 0) is 37.0 Å². The number of hydrogen-bond donors (Lipinski definition) is 2. The molecule has 1 aliphatic carbocycles. The first kappa shape index (κ1) is 17.5. The monoisotopic (exact) mass is 297 g/mol. The van der Waals surface area contributed by atoms with E-state index >= 15 is 0 Å². The highest BCUT2D eigenvalue weighted by atomic mass is 16.6. The first-order valence-corrected chi connectivity index (χ1v) is 7.56. The van der Waals surface area contributed by atoms with Crippen LogP contribution in [0.15, 0.2) is 12.7 Å². The largest absolute Gasteiger partial charge is 0.480 e. The zero-order valence-corrected chi connectivity index (χ0v) is 13.2. The molecule has 1 fully saturated rings. The zero-order valence-electron chi connectivity index (χ0n) is 13.2. The first-order valence-electron chi connectivity index (χ1n) is 7.56. The Morgan fingerprint density at radius 3 is 2.52 bits per heavy atom. The van der Waals surface area contributed by atoms with Crippen molar-refractivity contribution in [3.05, 3.63) is 12.7 Å². The van der Waals surface area contributed by atoms with E-state index in [1.807, 2.05) is 6.08 Å². The van der Waals surface area contributed by atoms with Crippen molar-refractivity contribution in [3.63, 3.8) is 0 Å². The fourth-order valence-corrected chi connectivity index (χ4v) is 2.75. The van der Waals surface area contributed by atoms with Crippen LogP contribution in [0.5, 0.6) is 0 Å². The lowest BCUT2D eigenvalue weighted by molar-refractivity contribution is -0.142. The van der Waals surface area contributed by atoms with Gasteiger partial charge in [0.25, 0.3) is 0 Å². The molecule has 0 radical (unpaired) electrons. The van der Waals surface area contributed by atoms with E-state index in [9.17, 15) is 14.7 Å². The van der Waals surface area contributed by atoms with Crippen molar-refractivity contribution in [2.24, 2.45) is 11.3 Å². The van der Waals surface area contributed by atoms with E-state index in [4.69, 9.17) is 4.74 Å². The maximum atomic E-state index is 12.0. The van der Waals surface area contributed by atoms with Crippen molar-refractivity contribution in [1.29, 1.82) is 0 Å². The summed E-state index contributed by atoms with van der Waals surface area (Å²) in [5, 5.41) is 11.7. The van der Waals surface area contributed by atoms with E-state index in [2.05, 4.69) is 11.9 Å². The van der Waals surface area contributed by atoms with Gasteiger partial charge >= 0.3 is 12.1 Å². The van der Waals surface area contributed by atoms with Gasteiger partial charge in [0.1, 0.15) is 12.1 Å². The van der Waals surface area contributed by atoms with Gasteiger partial charge in [0, 0.05) is 0 Å². The molecule has 21 heavy (non-hydrogen) atoms. The summed E-state index contributed by atoms with van der Waals surface area (Å²) < 4.78 is 5.47. The quantitative estimate of drug-likeness (QED) is 0.763. The maximum absolute atomic E-state index is 12.0. The molecular formula is C16H27NO4. The van der Waals surface area contributed by atoms with Gasteiger partial charge in [-0.2, -0.15) is 0 Å². The minimum Gasteiger partial charge on any atom is -0.480 e. The Balaban J connectivity index is 2.62. The summed E-state index contributed by atoms with van der Waals surface area (Å²) in [5.74, 6) is -0.759. The Morgan fingerprint density at radius 1 is 1.38 bits per heavy atom. The predicted octanol–water partition coefficient (Wildman–Crippen LogP) is 3.35. The summed E-state index contributed by atoms with van der Waals surface area (Å²) in [6.07, 6.45) is 5.90. The highest BCUT2D eigenvalue weighted by Gasteiger charge is 2.34. The number of aliphatic carboxylic acids is 1. The second kappa shape index (κ2) is 7.48. The third-order valence-electron chi connectivity index (χ3n) is 3.94. The number of alkyl carbamates (subject to hydrolysis) is 1. The molecule has 0 aromatic heterocycles. The number of hydrogen-bond acceptors (Lipinski definition) is 3. The van der Waals surface area contributed by atoms with Crippen LogP contribution in [0.4, 0.5) is 4.79 Å². The third kappa shape index (κ3) is 5.40. The number of carboxylic acid groups (broad SMARTS) is 1. The Bertz CT molecular complexity index is 386. The lowest BCUT2D eigenvalue weighted by Crippen LogP contribution is -2.50. The smallest absolute Gasteiger partial charge is 0.408 e. The average molecular weight is 297 g/mol. The Morgan fingerprint density at radius 2 is 2.00 bits per heavy atom. The molecule has 3 atom stereocenters. The van der Waals surface area contributed by atoms with E-state index in [0.717, 1.165) is 32.1 Å². The van der Waals surface area contributed by atoms with Crippen molar-refractivity contribution in [1.82, 2.24) is 5.32 Å². The molecule has 0 saturated heterocycles. The van der Waals surface area contributed by atoms with E-state index in [1.54, 1.807) is 20.8 Å². The van der Waals surface area contributed by atoms with Crippen LogP contribution in [0.1, 0.15) is 52.9 Å². The average Bonchev–Trinajstić information content (AvgIpc) is 2.37. The summed E-state index contributed by atoms with van der Waals surface area (Å²) in [6, 6.07) is -0.966. The molecule has 1 amide bonds. The van der Waals surface area contributed by atoms with Crippen LogP contribution >= 0.6 is 0 Å². The molecule has 120 valence electrons. The summed E-state index contributed by atoms with van der Waals surface area (Å²) in [7, 11) is 0. The first-order chi connectivity index (χ1) is 9.75. The molecule has 3 unspecified atom stereocenters. The minimum absolute atomic E-state index is 0.147. The Hall–Kier alpha value is -1.52. The van der Waals surface area contributed by atoms with Crippen molar-refractivity contribution >= 4 is 12.1 Å². The topological polar surface area (TPSA) is 75.6 Å². The molecule has 2 N–H and O–H groups in total. The Labute approximate surface area is 126 Å². The molecular weight excluding hydrogens is 270 g/mol. The molecule has 5 nitrogen and oxygen atoms in total. The van der Waals surface area contributed by atoms with Gasteiger partial charge in [0.15, 0.2) is 0 Å². The van der Waals surface area contributed by atoms with Gasteiger partial charge in [-0.1, -0.05) is 33.3 Å². The summed E-state index contributed by atoms with van der Waals surface area (Å²) >= 11 is 0. The molecule has 5 heteroatoms. The van der Waals surface area contributed by atoms with Crippen LogP contribution in [0, 0.1) is 11.3 Å². The second-order valence-corrected chi connectivity index (χ2v) is 6.79. The number of carboxylic acids is 1. The second-order valence-electron chi connectivity index (χ2n) is 6.79. The van der Waals surface area contributed by atoms with E-state index in [0.29, 0.717) is 5.92 Å². The van der Waals surface area contributed by atoms with E-state index in [-0.39, 0.29) is 6.10 Å². The molecule has 0 heterocycles. The van der Waals surface area contributed by atoms with Gasteiger partial charge in [-0.25, -0.2) is 9.59 Å². The van der Waals surface area contributed by atoms with E-state index < -0.39 is 23.5 Å². The molecule has 0 spiro atoms. The lowest BCUT2D eigenvalue weighted by atomic mass is 9.84. The van der Waals surface area contributed by atoms with Gasteiger partial charge in [0.05, 0.1) is 0 Å². The number of carbonyl (C=O) groups is 2. The summed E-state index contributed by atoms with van der Waals surface area (Å²) in [4.78, 5) is 23.3. The van der Waals surface area contributed by atoms with Crippen LogP contribution in [0.2, 0.25) is 0 Å².